The van der Waals surface area contributed by atoms with E-state index < -0.39 is 0 Å². The SMILES string of the molecule is CC=O.CNC.COc1ccc2c(c1)C(c1ccc(Cl)cc1)=NCc1nnc(C)n1-2. The van der Waals surface area contributed by atoms with Crippen LogP contribution >= 0.6 is 11.6 Å². The Hall–Kier alpha value is -3.03. The first-order chi connectivity index (χ1) is 14.5. The van der Waals surface area contributed by atoms with E-state index in [-0.39, 0.29) is 0 Å². The molecule has 2 heterocycles. The van der Waals surface area contributed by atoms with Crippen LogP contribution in [0.25, 0.3) is 5.69 Å². The number of hydrogen-bond donors (Lipinski definition) is 1. The molecule has 7 nitrogen and oxygen atoms in total. The van der Waals surface area contributed by atoms with Crippen molar-refractivity contribution in [1.29, 1.82) is 0 Å². The molecule has 1 N–H and O–H groups in total. The van der Waals surface area contributed by atoms with Crippen molar-refractivity contribution < 1.29 is 9.53 Å². The molecule has 0 saturated heterocycles. The zero-order valence-corrected chi connectivity index (χ0v) is 18.6. The number of aliphatic imine (C=N–C) groups is 1. The quantitative estimate of drug-likeness (QED) is 0.631. The van der Waals surface area contributed by atoms with Crippen LogP contribution in [0.15, 0.2) is 47.5 Å². The maximum atomic E-state index is 8.81. The summed E-state index contributed by atoms with van der Waals surface area (Å²) in [4.78, 5) is 13.6. The van der Waals surface area contributed by atoms with Crippen LogP contribution in [-0.2, 0) is 11.3 Å². The van der Waals surface area contributed by atoms with Crippen molar-refractivity contribution in [2.75, 3.05) is 21.2 Å². The van der Waals surface area contributed by atoms with Gasteiger partial charge in [0.2, 0.25) is 0 Å². The monoisotopic (exact) mass is 427 g/mol. The number of fused-ring (bicyclic) bond motifs is 3. The van der Waals surface area contributed by atoms with Crippen LogP contribution in [0.5, 0.6) is 5.75 Å². The van der Waals surface area contributed by atoms with Crippen molar-refractivity contribution in [2.45, 2.75) is 20.4 Å². The maximum Gasteiger partial charge on any atom is 0.159 e. The normalized spacial score (nSPS) is 11.3. The van der Waals surface area contributed by atoms with Crippen molar-refractivity contribution in [3.8, 4) is 11.4 Å². The van der Waals surface area contributed by atoms with Crippen LogP contribution in [0.3, 0.4) is 0 Å². The highest BCUT2D eigenvalue weighted by Crippen LogP contribution is 2.29. The fourth-order valence-electron chi connectivity index (χ4n) is 2.94. The van der Waals surface area contributed by atoms with Gasteiger partial charge >= 0.3 is 0 Å². The van der Waals surface area contributed by atoms with Gasteiger partial charge in [0.05, 0.1) is 18.5 Å². The third-order valence-corrected chi connectivity index (χ3v) is 4.34. The Morgan fingerprint density at radius 2 is 1.77 bits per heavy atom. The van der Waals surface area contributed by atoms with E-state index in [0.29, 0.717) is 11.6 Å². The Morgan fingerprint density at radius 1 is 1.13 bits per heavy atom. The van der Waals surface area contributed by atoms with Gasteiger partial charge in [-0.1, -0.05) is 23.7 Å². The summed E-state index contributed by atoms with van der Waals surface area (Å²) in [5.74, 6) is 2.44. The lowest BCUT2D eigenvalue weighted by Gasteiger charge is -2.14. The third kappa shape index (κ3) is 5.31. The molecule has 0 atom stereocenters. The summed E-state index contributed by atoms with van der Waals surface area (Å²) in [6.45, 7) is 3.85. The highest BCUT2D eigenvalue weighted by molar-refractivity contribution is 6.30. The molecule has 30 heavy (non-hydrogen) atoms. The molecule has 0 fully saturated rings. The second kappa shape index (κ2) is 11.2. The van der Waals surface area contributed by atoms with E-state index in [0.717, 1.165) is 46.2 Å². The number of nitrogens with one attached hydrogen (secondary N) is 1. The average Bonchev–Trinajstić information content (AvgIpc) is 3.02. The molecular formula is C22H26ClN5O2. The fourth-order valence-corrected chi connectivity index (χ4v) is 3.06. The summed E-state index contributed by atoms with van der Waals surface area (Å²) in [6, 6.07) is 13.6. The molecule has 0 bridgehead atoms. The zero-order valence-electron chi connectivity index (χ0n) is 17.8. The molecule has 8 heteroatoms. The molecule has 0 amide bonds. The first-order valence-corrected chi connectivity index (χ1v) is 9.76. The minimum atomic E-state index is 0.468. The third-order valence-electron chi connectivity index (χ3n) is 4.09. The van der Waals surface area contributed by atoms with E-state index in [1.807, 2.05) is 68.1 Å². The Morgan fingerprint density at radius 3 is 2.37 bits per heavy atom. The van der Waals surface area contributed by atoms with Gasteiger partial charge in [-0.2, -0.15) is 0 Å². The van der Waals surface area contributed by atoms with E-state index in [4.69, 9.17) is 26.1 Å². The van der Waals surface area contributed by atoms with E-state index in [1.165, 1.54) is 6.92 Å². The van der Waals surface area contributed by atoms with Gasteiger partial charge in [-0.3, -0.25) is 9.56 Å². The lowest BCUT2D eigenvalue weighted by molar-refractivity contribution is -0.106. The molecule has 4 rings (SSSR count). The topological polar surface area (TPSA) is 81.4 Å². The molecule has 0 radical (unpaired) electrons. The van der Waals surface area contributed by atoms with Gasteiger partial charge < -0.3 is 14.8 Å². The summed E-state index contributed by atoms with van der Waals surface area (Å²) in [7, 11) is 5.41. The Labute approximate surface area is 181 Å². The molecule has 2 aromatic carbocycles. The number of halogens is 1. The van der Waals surface area contributed by atoms with Crippen LogP contribution in [0.4, 0.5) is 0 Å². The van der Waals surface area contributed by atoms with Gasteiger partial charge in [-0.25, -0.2) is 0 Å². The lowest BCUT2D eigenvalue weighted by Crippen LogP contribution is -2.08. The Bertz CT molecular complexity index is 1010. The van der Waals surface area contributed by atoms with E-state index >= 15 is 0 Å². The number of carbonyl (C=O) groups is 1. The Balaban J connectivity index is 0.000000480. The van der Waals surface area contributed by atoms with Crippen LogP contribution in [0.1, 0.15) is 29.7 Å². The molecule has 1 aliphatic heterocycles. The van der Waals surface area contributed by atoms with Crippen molar-refractivity contribution in [3.05, 3.63) is 70.3 Å². The van der Waals surface area contributed by atoms with E-state index in [2.05, 4.69) is 15.5 Å². The van der Waals surface area contributed by atoms with Gasteiger partial charge in [-0.15, -0.1) is 10.2 Å². The van der Waals surface area contributed by atoms with Crippen molar-refractivity contribution >= 4 is 23.6 Å². The van der Waals surface area contributed by atoms with Gasteiger partial charge in [0.25, 0.3) is 0 Å². The average molecular weight is 428 g/mol. The summed E-state index contributed by atoms with van der Waals surface area (Å²) in [6.07, 6.45) is 0.750. The van der Waals surface area contributed by atoms with Crippen molar-refractivity contribution in [2.24, 2.45) is 4.99 Å². The zero-order chi connectivity index (χ0) is 22.1. The van der Waals surface area contributed by atoms with Crippen LogP contribution in [0, 0.1) is 6.92 Å². The number of aryl methyl sites for hydroxylation is 1. The fraction of sp³-hybridized carbons (Fsp3) is 0.273. The molecular weight excluding hydrogens is 402 g/mol. The molecule has 0 aliphatic carbocycles. The second-order valence-corrected chi connectivity index (χ2v) is 6.73. The van der Waals surface area contributed by atoms with Crippen LogP contribution < -0.4 is 10.1 Å². The van der Waals surface area contributed by atoms with Crippen LogP contribution in [0.2, 0.25) is 5.02 Å². The number of rotatable bonds is 2. The molecule has 0 spiro atoms. The summed E-state index contributed by atoms with van der Waals surface area (Å²) >= 11 is 6.02. The molecule has 158 valence electrons. The number of nitrogens with zero attached hydrogens (tertiary/aromatic N) is 4. The molecule has 0 unspecified atom stereocenters. The maximum absolute atomic E-state index is 8.81. The minimum absolute atomic E-state index is 0.468. The number of aromatic nitrogens is 3. The van der Waals surface area contributed by atoms with Crippen LogP contribution in [-0.4, -0.2) is 48.0 Å². The standard InChI is InChI=1S/C18H15ClN4O.C2H7N.C2H4O/c1-11-21-22-17-10-20-18(12-3-5-13(19)6-4-12)15-9-14(24-2)7-8-16(15)23(11)17;1-3-2;1-2-3/h3-9H,10H2,1-2H3;3H,1-2H3;2H,1H3. The van der Waals surface area contributed by atoms with E-state index in [1.54, 1.807) is 7.11 Å². The van der Waals surface area contributed by atoms with Crippen molar-refractivity contribution in [1.82, 2.24) is 20.1 Å². The van der Waals surface area contributed by atoms with Crippen molar-refractivity contribution in [3.63, 3.8) is 0 Å². The first-order valence-electron chi connectivity index (χ1n) is 9.39. The van der Waals surface area contributed by atoms with Gasteiger partial charge in [-0.05, 0) is 58.3 Å². The second-order valence-electron chi connectivity index (χ2n) is 6.29. The van der Waals surface area contributed by atoms with Gasteiger partial charge in [0, 0.05) is 16.1 Å². The summed E-state index contributed by atoms with van der Waals surface area (Å²) < 4.78 is 7.45. The van der Waals surface area contributed by atoms with Gasteiger partial charge in [0.15, 0.2) is 5.82 Å². The van der Waals surface area contributed by atoms with E-state index in [9.17, 15) is 0 Å². The lowest BCUT2D eigenvalue weighted by atomic mass is 10.00. The Kier molecular flexibility index (Phi) is 8.70. The summed E-state index contributed by atoms with van der Waals surface area (Å²) in [5.41, 5.74) is 3.88. The summed E-state index contributed by atoms with van der Waals surface area (Å²) in [5, 5.41) is 11.9. The number of carbonyl (C=O) groups excluding carboxylic acids is 1. The largest absolute Gasteiger partial charge is 0.497 e. The first kappa shape index (κ1) is 23.3. The number of aldehydes is 1. The molecule has 1 aromatic heterocycles. The highest BCUT2D eigenvalue weighted by atomic mass is 35.5. The number of benzene rings is 2. The number of ether oxygens (including phenoxy) is 1. The minimum Gasteiger partial charge on any atom is -0.497 e. The number of hydrogen-bond acceptors (Lipinski definition) is 6. The molecule has 3 aromatic rings. The predicted molar refractivity (Wildman–Crippen MR) is 120 cm³/mol. The van der Waals surface area contributed by atoms with Gasteiger partial charge in [0.1, 0.15) is 24.4 Å². The number of methoxy groups -OCH3 is 1. The molecule has 0 saturated carbocycles. The highest BCUT2D eigenvalue weighted by Gasteiger charge is 2.22. The smallest absolute Gasteiger partial charge is 0.159 e. The molecule has 1 aliphatic rings. The predicted octanol–water partition coefficient (Wildman–Crippen LogP) is 3.63.